The maximum Gasteiger partial charge on any atom is -0.0351 e. The maximum absolute atomic E-state index is 3.87. The predicted octanol–water partition coefficient (Wildman–Crippen LogP) is 6.47. The van der Waals surface area contributed by atoms with Crippen molar-refractivity contribution >= 4 is 0 Å². The molecule has 0 unspecified atom stereocenters. The molecule has 0 heteroatoms. The van der Waals surface area contributed by atoms with E-state index < -0.39 is 0 Å². The van der Waals surface area contributed by atoms with Crippen LogP contribution in [0.15, 0.2) is 12.2 Å². The summed E-state index contributed by atoms with van der Waals surface area (Å²) in [5.74, 6) is 0. The Kier molecular flexibility index (Phi) is 15.5. The molecule has 0 N–H and O–H groups in total. The van der Waals surface area contributed by atoms with Crippen molar-refractivity contribution in [1.29, 1.82) is 0 Å². The van der Waals surface area contributed by atoms with Crippen LogP contribution < -0.4 is 0 Å². The summed E-state index contributed by atoms with van der Waals surface area (Å²) in [6.07, 6.45) is 22.4. The lowest BCUT2D eigenvalue weighted by Gasteiger charge is -1.98. The molecule has 17 heavy (non-hydrogen) atoms. The van der Waals surface area contributed by atoms with Crippen molar-refractivity contribution in [3.63, 3.8) is 0 Å². The Hall–Kier alpha value is -0.260. The van der Waals surface area contributed by atoms with Gasteiger partial charge in [-0.25, -0.2) is 0 Å². The fourth-order valence-electron chi connectivity index (χ4n) is 2.07. The summed E-state index contributed by atoms with van der Waals surface area (Å²) >= 11 is 0. The van der Waals surface area contributed by atoms with E-state index in [1.165, 1.54) is 77.0 Å². The zero-order valence-electron chi connectivity index (χ0n) is 12.1. The Labute approximate surface area is 110 Å². The minimum absolute atomic E-state index is 1.11. The standard InChI is InChI=1S/C17H33/c1-3-5-7-9-11-13-15-17-16-14-12-10-8-6-4-2/h15,17H,1,3-14,16H2,2H3/b17-15+. The fourth-order valence-corrected chi connectivity index (χ4v) is 2.07. The van der Waals surface area contributed by atoms with Gasteiger partial charge in [-0.15, -0.1) is 0 Å². The highest BCUT2D eigenvalue weighted by Crippen LogP contribution is 2.08. The van der Waals surface area contributed by atoms with Crippen LogP contribution in [-0.2, 0) is 0 Å². The van der Waals surface area contributed by atoms with Crippen LogP contribution in [0.1, 0.15) is 90.4 Å². The van der Waals surface area contributed by atoms with E-state index in [-0.39, 0.29) is 0 Å². The third-order valence-corrected chi connectivity index (χ3v) is 3.26. The first-order valence-corrected chi connectivity index (χ1v) is 7.86. The molecular weight excluding hydrogens is 204 g/mol. The molecule has 0 saturated carbocycles. The van der Waals surface area contributed by atoms with Crippen molar-refractivity contribution < 1.29 is 0 Å². The summed E-state index contributed by atoms with van der Waals surface area (Å²) in [5.41, 5.74) is 0. The van der Waals surface area contributed by atoms with E-state index in [1.54, 1.807) is 0 Å². The molecule has 0 fully saturated rings. The largest absolute Gasteiger partial charge is 0.0885 e. The number of unbranched alkanes of at least 4 members (excludes halogenated alkanes) is 11. The van der Waals surface area contributed by atoms with Gasteiger partial charge in [0.05, 0.1) is 0 Å². The number of hydrogen-bond acceptors (Lipinski definition) is 0. The Morgan fingerprint density at radius 1 is 0.647 bits per heavy atom. The van der Waals surface area contributed by atoms with Crippen LogP contribution >= 0.6 is 0 Å². The molecule has 0 rings (SSSR count). The predicted molar refractivity (Wildman–Crippen MR) is 80.2 cm³/mol. The Morgan fingerprint density at radius 2 is 1.12 bits per heavy atom. The van der Waals surface area contributed by atoms with E-state index in [0.29, 0.717) is 0 Å². The normalized spacial score (nSPS) is 11.4. The van der Waals surface area contributed by atoms with Crippen LogP contribution in [0.25, 0.3) is 0 Å². The van der Waals surface area contributed by atoms with E-state index in [2.05, 4.69) is 26.0 Å². The highest BCUT2D eigenvalue weighted by molar-refractivity contribution is 4.81. The second-order valence-electron chi connectivity index (χ2n) is 5.08. The van der Waals surface area contributed by atoms with Crippen molar-refractivity contribution in [2.24, 2.45) is 0 Å². The van der Waals surface area contributed by atoms with Crippen LogP contribution in [0.2, 0.25) is 0 Å². The molecule has 0 atom stereocenters. The third kappa shape index (κ3) is 15.7. The summed E-state index contributed by atoms with van der Waals surface area (Å²) in [6, 6.07) is 0. The van der Waals surface area contributed by atoms with Crippen LogP contribution in [0.4, 0.5) is 0 Å². The van der Waals surface area contributed by atoms with Gasteiger partial charge in [0.25, 0.3) is 0 Å². The molecule has 1 radical (unpaired) electrons. The van der Waals surface area contributed by atoms with Crippen molar-refractivity contribution in [3.8, 4) is 0 Å². The zero-order valence-corrected chi connectivity index (χ0v) is 12.1. The molecule has 0 aliphatic heterocycles. The quantitative estimate of drug-likeness (QED) is 0.254. The number of allylic oxidation sites excluding steroid dienone is 2. The van der Waals surface area contributed by atoms with Gasteiger partial charge in [0.2, 0.25) is 0 Å². The molecule has 0 aliphatic carbocycles. The lowest BCUT2D eigenvalue weighted by atomic mass is 10.1. The van der Waals surface area contributed by atoms with Gasteiger partial charge in [0, 0.05) is 0 Å². The first kappa shape index (κ1) is 16.7. The second kappa shape index (κ2) is 15.7. The maximum atomic E-state index is 3.87. The number of hydrogen-bond donors (Lipinski definition) is 0. The summed E-state index contributed by atoms with van der Waals surface area (Å²) in [5, 5.41) is 0. The topological polar surface area (TPSA) is 0 Å². The Balaban J connectivity index is 2.99. The van der Waals surface area contributed by atoms with E-state index in [1.807, 2.05) is 0 Å². The molecule has 0 aromatic carbocycles. The van der Waals surface area contributed by atoms with Crippen LogP contribution in [0, 0.1) is 6.92 Å². The van der Waals surface area contributed by atoms with Crippen LogP contribution in [0.3, 0.4) is 0 Å². The molecule has 0 amide bonds. The monoisotopic (exact) mass is 237 g/mol. The number of rotatable bonds is 13. The van der Waals surface area contributed by atoms with Gasteiger partial charge in [-0.05, 0) is 25.7 Å². The minimum Gasteiger partial charge on any atom is -0.0885 e. The van der Waals surface area contributed by atoms with Gasteiger partial charge in [-0.1, -0.05) is 83.8 Å². The zero-order chi connectivity index (χ0) is 12.6. The Bertz CT molecular complexity index is 146. The second-order valence-corrected chi connectivity index (χ2v) is 5.08. The average Bonchev–Trinajstić information content (AvgIpc) is 2.35. The van der Waals surface area contributed by atoms with Crippen LogP contribution in [-0.4, -0.2) is 0 Å². The summed E-state index contributed by atoms with van der Waals surface area (Å²) < 4.78 is 0. The molecular formula is C17H33. The van der Waals surface area contributed by atoms with Gasteiger partial charge in [-0.3, -0.25) is 0 Å². The summed E-state index contributed by atoms with van der Waals surface area (Å²) in [7, 11) is 0. The molecule has 0 spiro atoms. The first-order valence-electron chi connectivity index (χ1n) is 7.86. The average molecular weight is 237 g/mol. The molecule has 0 heterocycles. The van der Waals surface area contributed by atoms with Gasteiger partial charge in [0.15, 0.2) is 0 Å². The minimum atomic E-state index is 1.11. The molecule has 0 aromatic heterocycles. The highest BCUT2D eigenvalue weighted by Gasteiger charge is 1.89. The van der Waals surface area contributed by atoms with Gasteiger partial charge in [-0.2, -0.15) is 0 Å². The van der Waals surface area contributed by atoms with Crippen molar-refractivity contribution in [3.05, 3.63) is 19.1 Å². The van der Waals surface area contributed by atoms with Crippen molar-refractivity contribution in [2.45, 2.75) is 90.4 Å². The third-order valence-electron chi connectivity index (χ3n) is 3.26. The van der Waals surface area contributed by atoms with Crippen molar-refractivity contribution in [2.75, 3.05) is 0 Å². The Morgan fingerprint density at radius 3 is 1.65 bits per heavy atom. The summed E-state index contributed by atoms with van der Waals surface area (Å²) in [6.45, 7) is 6.14. The van der Waals surface area contributed by atoms with E-state index in [9.17, 15) is 0 Å². The van der Waals surface area contributed by atoms with Gasteiger partial charge < -0.3 is 0 Å². The van der Waals surface area contributed by atoms with Gasteiger partial charge >= 0.3 is 0 Å². The molecule has 101 valence electrons. The highest BCUT2D eigenvalue weighted by atomic mass is 13.9. The first-order chi connectivity index (χ1) is 8.41. The lowest BCUT2D eigenvalue weighted by Crippen LogP contribution is -1.78. The van der Waals surface area contributed by atoms with Crippen LogP contribution in [0.5, 0.6) is 0 Å². The molecule has 0 saturated heterocycles. The van der Waals surface area contributed by atoms with E-state index >= 15 is 0 Å². The fraction of sp³-hybridized carbons (Fsp3) is 0.824. The van der Waals surface area contributed by atoms with Gasteiger partial charge in [0.1, 0.15) is 0 Å². The molecule has 0 bridgehead atoms. The molecule has 0 aliphatic rings. The smallest absolute Gasteiger partial charge is 0.0351 e. The molecule has 0 nitrogen and oxygen atoms in total. The SMILES string of the molecule is [CH2]CCCCCC/C=C/CCCCCCCC. The van der Waals surface area contributed by atoms with E-state index in [4.69, 9.17) is 0 Å². The van der Waals surface area contributed by atoms with Crippen molar-refractivity contribution in [1.82, 2.24) is 0 Å². The lowest BCUT2D eigenvalue weighted by molar-refractivity contribution is 0.610. The molecule has 0 aromatic rings. The summed E-state index contributed by atoms with van der Waals surface area (Å²) in [4.78, 5) is 0. The van der Waals surface area contributed by atoms with E-state index in [0.717, 1.165) is 6.42 Å².